The van der Waals surface area contributed by atoms with Crippen molar-refractivity contribution in [2.24, 2.45) is 11.8 Å². The fourth-order valence-corrected chi connectivity index (χ4v) is 2.00. The lowest BCUT2D eigenvalue weighted by Crippen LogP contribution is -2.37. The molecule has 0 saturated heterocycles. The Morgan fingerprint density at radius 3 is 2.58 bits per heavy atom. The van der Waals surface area contributed by atoms with Gasteiger partial charge in [-0.25, -0.2) is 0 Å². The number of aliphatic hydroxyl groups excluding tert-OH is 1. The van der Waals surface area contributed by atoms with Crippen LogP contribution in [0.15, 0.2) is 0 Å². The normalized spacial score (nSPS) is 36.8. The van der Waals surface area contributed by atoms with Crippen molar-refractivity contribution in [3.8, 4) is 0 Å². The third-order valence-corrected chi connectivity index (χ3v) is 3.14. The Morgan fingerprint density at radius 2 is 2.00 bits per heavy atom. The molecule has 1 aliphatic rings. The second-order valence-electron chi connectivity index (χ2n) is 4.14. The van der Waals surface area contributed by atoms with Gasteiger partial charge in [0, 0.05) is 12.6 Å². The van der Waals surface area contributed by atoms with Crippen molar-refractivity contribution in [2.45, 2.75) is 39.2 Å². The summed E-state index contributed by atoms with van der Waals surface area (Å²) in [5.74, 6) is 1.73. The van der Waals surface area contributed by atoms with Gasteiger partial charge in [0.1, 0.15) is 0 Å². The zero-order valence-electron chi connectivity index (χ0n) is 8.21. The molecule has 1 saturated carbocycles. The van der Waals surface area contributed by atoms with Crippen LogP contribution in [-0.4, -0.2) is 24.3 Å². The Hall–Kier alpha value is -0.0800. The summed E-state index contributed by atoms with van der Waals surface area (Å²) in [6, 6.07) is 0.656. The lowest BCUT2D eigenvalue weighted by atomic mass is 9.79. The van der Waals surface area contributed by atoms with Crippen LogP contribution in [0.25, 0.3) is 0 Å². The average Bonchev–Trinajstić information content (AvgIpc) is 2.07. The maximum absolute atomic E-state index is 8.65. The summed E-state index contributed by atoms with van der Waals surface area (Å²) in [6.45, 7) is 5.69. The summed E-state index contributed by atoms with van der Waals surface area (Å²) in [4.78, 5) is 0. The van der Waals surface area contributed by atoms with Crippen LogP contribution in [0.1, 0.15) is 33.1 Å². The second kappa shape index (κ2) is 4.83. The molecule has 0 amide bonds. The lowest BCUT2D eigenvalue weighted by molar-refractivity contribution is 0.212. The fourth-order valence-electron chi connectivity index (χ4n) is 2.00. The monoisotopic (exact) mass is 171 g/mol. The summed E-state index contributed by atoms with van der Waals surface area (Å²) < 4.78 is 0. The molecule has 0 aromatic heterocycles. The third kappa shape index (κ3) is 2.76. The Labute approximate surface area is 75.4 Å². The zero-order valence-corrected chi connectivity index (χ0v) is 8.21. The van der Waals surface area contributed by atoms with Gasteiger partial charge in [-0.2, -0.15) is 0 Å². The van der Waals surface area contributed by atoms with E-state index in [-0.39, 0.29) is 6.61 Å². The van der Waals surface area contributed by atoms with Gasteiger partial charge < -0.3 is 10.4 Å². The minimum absolute atomic E-state index is 0.264. The molecule has 3 atom stereocenters. The van der Waals surface area contributed by atoms with Crippen LogP contribution in [0, 0.1) is 11.8 Å². The largest absolute Gasteiger partial charge is 0.395 e. The van der Waals surface area contributed by atoms with E-state index < -0.39 is 0 Å². The predicted molar refractivity (Wildman–Crippen MR) is 51.1 cm³/mol. The minimum Gasteiger partial charge on any atom is -0.395 e. The van der Waals surface area contributed by atoms with Gasteiger partial charge in [-0.3, -0.25) is 0 Å². The van der Waals surface area contributed by atoms with Crippen molar-refractivity contribution in [1.82, 2.24) is 5.32 Å². The number of aliphatic hydroxyl groups is 1. The molecule has 72 valence electrons. The van der Waals surface area contributed by atoms with Crippen molar-refractivity contribution in [2.75, 3.05) is 13.2 Å². The number of rotatable bonds is 3. The molecular formula is C10H21NO. The molecule has 0 unspecified atom stereocenters. The Morgan fingerprint density at radius 1 is 1.25 bits per heavy atom. The Balaban J connectivity index is 2.21. The summed E-state index contributed by atoms with van der Waals surface area (Å²) in [5, 5.41) is 12.0. The molecule has 0 radical (unpaired) electrons. The van der Waals surface area contributed by atoms with Gasteiger partial charge in [0.15, 0.2) is 0 Å². The van der Waals surface area contributed by atoms with Crippen molar-refractivity contribution in [1.29, 1.82) is 0 Å². The molecule has 1 fully saturated rings. The molecule has 2 heteroatoms. The number of nitrogens with one attached hydrogen (secondary N) is 1. The molecule has 2 nitrogen and oxygen atoms in total. The molecular weight excluding hydrogens is 150 g/mol. The van der Waals surface area contributed by atoms with E-state index in [1.54, 1.807) is 0 Å². The first-order valence-electron chi connectivity index (χ1n) is 5.08. The maximum atomic E-state index is 8.65. The van der Waals surface area contributed by atoms with E-state index in [0.29, 0.717) is 6.04 Å². The van der Waals surface area contributed by atoms with Crippen LogP contribution < -0.4 is 5.32 Å². The topological polar surface area (TPSA) is 32.3 Å². The van der Waals surface area contributed by atoms with Gasteiger partial charge >= 0.3 is 0 Å². The first-order valence-corrected chi connectivity index (χ1v) is 5.08. The van der Waals surface area contributed by atoms with E-state index in [4.69, 9.17) is 5.11 Å². The van der Waals surface area contributed by atoms with Crippen molar-refractivity contribution in [3.05, 3.63) is 0 Å². The van der Waals surface area contributed by atoms with Gasteiger partial charge in [-0.1, -0.05) is 13.8 Å². The molecule has 0 heterocycles. The quantitative estimate of drug-likeness (QED) is 0.672. The number of hydrogen-bond donors (Lipinski definition) is 2. The summed E-state index contributed by atoms with van der Waals surface area (Å²) in [7, 11) is 0. The highest BCUT2D eigenvalue weighted by atomic mass is 16.3. The van der Waals surface area contributed by atoms with Crippen molar-refractivity contribution >= 4 is 0 Å². The summed E-state index contributed by atoms with van der Waals surface area (Å²) >= 11 is 0. The second-order valence-corrected chi connectivity index (χ2v) is 4.14. The molecule has 0 aromatic carbocycles. The SMILES string of the molecule is C[C@@H]1CC[C@H](NCCO)C[C@@H]1C. The highest BCUT2D eigenvalue weighted by Crippen LogP contribution is 2.28. The standard InChI is InChI=1S/C10H21NO/c1-8-3-4-10(7-9(8)2)11-5-6-12/h8-12H,3-7H2,1-2H3/t8-,9+,10+/m1/s1. The number of hydrogen-bond acceptors (Lipinski definition) is 2. The smallest absolute Gasteiger partial charge is 0.0556 e. The molecule has 0 aromatic rings. The summed E-state index contributed by atoms with van der Waals surface area (Å²) in [6.07, 6.45) is 3.90. The van der Waals surface area contributed by atoms with E-state index in [0.717, 1.165) is 18.4 Å². The van der Waals surface area contributed by atoms with Crippen LogP contribution in [-0.2, 0) is 0 Å². The zero-order chi connectivity index (χ0) is 8.97. The maximum Gasteiger partial charge on any atom is 0.0556 e. The van der Waals surface area contributed by atoms with Crippen LogP contribution in [0.4, 0.5) is 0 Å². The molecule has 2 N–H and O–H groups in total. The first-order chi connectivity index (χ1) is 5.74. The van der Waals surface area contributed by atoms with Gasteiger partial charge in [-0.05, 0) is 31.1 Å². The van der Waals surface area contributed by atoms with E-state index in [9.17, 15) is 0 Å². The van der Waals surface area contributed by atoms with Crippen LogP contribution in [0.5, 0.6) is 0 Å². The molecule has 12 heavy (non-hydrogen) atoms. The van der Waals surface area contributed by atoms with Crippen molar-refractivity contribution in [3.63, 3.8) is 0 Å². The highest BCUT2D eigenvalue weighted by Gasteiger charge is 2.23. The van der Waals surface area contributed by atoms with Crippen LogP contribution >= 0.6 is 0 Å². The third-order valence-electron chi connectivity index (χ3n) is 3.14. The fraction of sp³-hybridized carbons (Fsp3) is 1.00. The predicted octanol–water partition coefficient (Wildman–Crippen LogP) is 1.39. The van der Waals surface area contributed by atoms with Gasteiger partial charge in [0.25, 0.3) is 0 Å². The van der Waals surface area contributed by atoms with Crippen LogP contribution in [0.2, 0.25) is 0 Å². The van der Waals surface area contributed by atoms with Gasteiger partial charge in [0.05, 0.1) is 6.61 Å². The molecule has 0 aliphatic heterocycles. The first kappa shape index (κ1) is 10.0. The van der Waals surface area contributed by atoms with E-state index >= 15 is 0 Å². The molecule has 0 spiro atoms. The minimum atomic E-state index is 0.264. The van der Waals surface area contributed by atoms with Gasteiger partial charge in [0.2, 0.25) is 0 Å². The molecule has 0 bridgehead atoms. The summed E-state index contributed by atoms with van der Waals surface area (Å²) in [5.41, 5.74) is 0. The van der Waals surface area contributed by atoms with Crippen LogP contribution in [0.3, 0.4) is 0 Å². The Kier molecular flexibility index (Phi) is 4.02. The molecule has 1 aliphatic carbocycles. The molecule has 1 rings (SSSR count). The van der Waals surface area contributed by atoms with E-state index in [1.807, 2.05) is 0 Å². The lowest BCUT2D eigenvalue weighted by Gasteiger charge is -2.32. The Bertz CT molecular complexity index is 125. The average molecular weight is 171 g/mol. The van der Waals surface area contributed by atoms with Gasteiger partial charge in [-0.15, -0.1) is 0 Å². The van der Waals surface area contributed by atoms with Crippen molar-refractivity contribution < 1.29 is 5.11 Å². The highest BCUT2D eigenvalue weighted by molar-refractivity contribution is 4.79. The van der Waals surface area contributed by atoms with E-state index in [2.05, 4.69) is 19.2 Å². The van der Waals surface area contributed by atoms with E-state index in [1.165, 1.54) is 19.3 Å².